The van der Waals surface area contributed by atoms with E-state index in [0.29, 0.717) is 18.0 Å². The molecular formula is C17H35N3. The summed E-state index contributed by atoms with van der Waals surface area (Å²) >= 11 is 0. The Labute approximate surface area is 126 Å². The molecule has 0 aromatic heterocycles. The lowest BCUT2D eigenvalue weighted by Crippen LogP contribution is -2.50. The van der Waals surface area contributed by atoms with Crippen LogP contribution in [-0.4, -0.2) is 35.6 Å². The summed E-state index contributed by atoms with van der Waals surface area (Å²) in [5, 5.41) is 12.8. The van der Waals surface area contributed by atoms with Crippen LogP contribution in [0, 0.1) is 17.2 Å². The second kappa shape index (κ2) is 9.37. The van der Waals surface area contributed by atoms with E-state index in [-0.39, 0.29) is 0 Å². The molecule has 0 aromatic rings. The van der Waals surface area contributed by atoms with E-state index in [1.807, 2.05) is 6.92 Å². The molecule has 0 aliphatic rings. The Morgan fingerprint density at radius 1 is 1.15 bits per heavy atom. The van der Waals surface area contributed by atoms with Crippen LogP contribution >= 0.6 is 0 Å². The number of nitrogens with zero attached hydrogens (tertiary/aromatic N) is 2. The first kappa shape index (κ1) is 19.4. The van der Waals surface area contributed by atoms with E-state index in [1.54, 1.807) is 0 Å². The molecule has 0 amide bonds. The zero-order chi connectivity index (χ0) is 15.8. The van der Waals surface area contributed by atoms with Gasteiger partial charge in [-0.15, -0.1) is 0 Å². The summed E-state index contributed by atoms with van der Waals surface area (Å²) in [6.45, 7) is 17.4. The fraction of sp³-hybridized carbons (Fsp3) is 0.941. The molecule has 20 heavy (non-hydrogen) atoms. The van der Waals surface area contributed by atoms with Gasteiger partial charge >= 0.3 is 0 Å². The van der Waals surface area contributed by atoms with Crippen molar-refractivity contribution >= 4 is 0 Å². The van der Waals surface area contributed by atoms with Gasteiger partial charge in [-0.05, 0) is 45.6 Å². The first-order valence-electron chi connectivity index (χ1n) is 8.25. The molecule has 3 heteroatoms. The van der Waals surface area contributed by atoms with Crippen molar-refractivity contribution in [2.45, 2.75) is 85.4 Å². The lowest BCUT2D eigenvalue weighted by atomic mass is 9.92. The zero-order valence-corrected chi connectivity index (χ0v) is 14.7. The van der Waals surface area contributed by atoms with Crippen molar-refractivity contribution in [2.24, 2.45) is 5.92 Å². The molecule has 0 aliphatic heterocycles. The zero-order valence-electron chi connectivity index (χ0n) is 14.7. The summed E-state index contributed by atoms with van der Waals surface area (Å²) in [5.74, 6) is 0.658. The highest BCUT2D eigenvalue weighted by Gasteiger charge is 2.30. The average Bonchev–Trinajstić information content (AvgIpc) is 2.38. The van der Waals surface area contributed by atoms with Gasteiger partial charge in [-0.3, -0.25) is 10.2 Å². The lowest BCUT2D eigenvalue weighted by molar-refractivity contribution is 0.101. The van der Waals surface area contributed by atoms with E-state index < -0.39 is 5.54 Å². The molecule has 1 N–H and O–H groups in total. The quantitative estimate of drug-likeness (QED) is 0.662. The van der Waals surface area contributed by atoms with Gasteiger partial charge in [-0.2, -0.15) is 5.26 Å². The summed E-state index contributed by atoms with van der Waals surface area (Å²) < 4.78 is 0. The molecule has 0 fully saturated rings. The first-order valence-corrected chi connectivity index (χ1v) is 8.25. The second-order valence-electron chi connectivity index (χ2n) is 6.59. The summed E-state index contributed by atoms with van der Waals surface area (Å²) in [7, 11) is 0. The van der Waals surface area contributed by atoms with Crippen LogP contribution in [0.2, 0.25) is 0 Å². The molecule has 0 aromatic carbocycles. The molecule has 0 rings (SSSR count). The minimum Gasteiger partial charge on any atom is -0.300 e. The Bertz CT molecular complexity index is 291. The van der Waals surface area contributed by atoms with Crippen LogP contribution in [0.5, 0.6) is 0 Å². The topological polar surface area (TPSA) is 39.1 Å². The van der Waals surface area contributed by atoms with Crippen molar-refractivity contribution in [3.05, 3.63) is 0 Å². The molecule has 0 aliphatic carbocycles. The first-order chi connectivity index (χ1) is 9.33. The maximum Gasteiger partial charge on any atom is 0.105 e. The van der Waals surface area contributed by atoms with Gasteiger partial charge in [0.2, 0.25) is 0 Å². The molecule has 2 unspecified atom stereocenters. The molecule has 0 heterocycles. The largest absolute Gasteiger partial charge is 0.300 e. The third-order valence-corrected chi connectivity index (χ3v) is 4.07. The smallest absolute Gasteiger partial charge is 0.105 e. The van der Waals surface area contributed by atoms with E-state index in [1.165, 1.54) is 12.8 Å². The molecule has 2 atom stereocenters. The van der Waals surface area contributed by atoms with Crippen molar-refractivity contribution in [3.8, 4) is 6.07 Å². The minimum absolute atomic E-state index is 0.421. The summed E-state index contributed by atoms with van der Waals surface area (Å²) in [6, 6.07) is 3.50. The third-order valence-electron chi connectivity index (χ3n) is 4.07. The van der Waals surface area contributed by atoms with E-state index in [0.717, 1.165) is 19.5 Å². The number of rotatable bonds is 10. The Kier molecular flexibility index (Phi) is 9.09. The minimum atomic E-state index is -0.421. The highest BCUT2D eigenvalue weighted by molar-refractivity contribution is 5.05. The van der Waals surface area contributed by atoms with Crippen LogP contribution in [0.3, 0.4) is 0 Å². The molecular weight excluding hydrogens is 246 g/mol. The maximum atomic E-state index is 9.45. The highest BCUT2D eigenvalue weighted by Crippen LogP contribution is 2.21. The maximum absolute atomic E-state index is 9.45. The van der Waals surface area contributed by atoms with Crippen LogP contribution in [0.15, 0.2) is 0 Å². The molecule has 0 saturated heterocycles. The van der Waals surface area contributed by atoms with Gasteiger partial charge in [-0.25, -0.2) is 0 Å². The predicted molar refractivity (Wildman–Crippen MR) is 87.7 cm³/mol. The van der Waals surface area contributed by atoms with Gasteiger partial charge in [0.15, 0.2) is 0 Å². The van der Waals surface area contributed by atoms with Crippen LogP contribution in [0.4, 0.5) is 0 Å². The van der Waals surface area contributed by atoms with E-state index in [2.05, 4.69) is 57.8 Å². The monoisotopic (exact) mass is 281 g/mol. The van der Waals surface area contributed by atoms with Crippen molar-refractivity contribution in [1.29, 1.82) is 5.26 Å². The molecule has 0 spiro atoms. The standard InChI is InChI=1S/C17H35N3/c1-8-16(9-2)20(12-14(4)5)15(6)11-17(7,13-18)19-10-3/h14-16,19H,8-12H2,1-7H3. The van der Waals surface area contributed by atoms with Gasteiger partial charge in [-0.1, -0.05) is 34.6 Å². The van der Waals surface area contributed by atoms with E-state index >= 15 is 0 Å². The summed E-state index contributed by atoms with van der Waals surface area (Å²) in [5.41, 5.74) is -0.421. The van der Waals surface area contributed by atoms with Crippen molar-refractivity contribution in [3.63, 3.8) is 0 Å². The Hall–Kier alpha value is -0.590. The van der Waals surface area contributed by atoms with Crippen LogP contribution in [0.1, 0.15) is 67.7 Å². The second-order valence-corrected chi connectivity index (χ2v) is 6.59. The SMILES string of the molecule is CCNC(C)(C#N)CC(C)N(CC(C)C)C(CC)CC. The van der Waals surface area contributed by atoms with Gasteiger partial charge in [0.05, 0.1) is 6.07 Å². The van der Waals surface area contributed by atoms with Gasteiger partial charge < -0.3 is 0 Å². The lowest BCUT2D eigenvalue weighted by Gasteiger charge is -2.39. The molecule has 0 bridgehead atoms. The normalized spacial score (nSPS) is 16.4. The molecule has 118 valence electrons. The van der Waals surface area contributed by atoms with Crippen molar-refractivity contribution in [2.75, 3.05) is 13.1 Å². The van der Waals surface area contributed by atoms with Gasteiger partial charge in [0.1, 0.15) is 5.54 Å². The van der Waals surface area contributed by atoms with Crippen LogP contribution in [0.25, 0.3) is 0 Å². The third kappa shape index (κ3) is 6.24. The van der Waals surface area contributed by atoms with Crippen molar-refractivity contribution in [1.82, 2.24) is 10.2 Å². The summed E-state index contributed by atoms with van der Waals surface area (Å²) in [6.07, 6.45) is 3.23. The predicted octanol–water partition coefficient (Wildman–Crippen LogP) is 3.80. The number of nitriles is 1. The Morgan fingerprint density at radius 2 is 1.70 bits per heavy atom. The van der Waals surface area contributed by atoms with E-state index in [9.17, 15) is 5.26 Å². The average molecular weight is 281 g/mol. The molecule has 0 radical (unpaired) electrons. The molecule has 0 saturated carbocycles. The Morgan fingerprint density at radius 3 is 2.05 bits per heavy atom. The molecule has 3 nitrogen and oxygen atoms in total. The fourth-order valence-corrected chi connectivity index (χ4v) is 3.12. The number of nitrogens with one attached hydrogen (secondary N) is 1. The van der Waals surface area contributed by atoms with Crippen LogP contribution < -0.4 is 5.32 Å². The van der Waals surface area contributed by atoms with Crippen LogP contribution in [-0.2, 0) is 0 Å². The van der Waals surface area contributed by atoms with Gasteiger partial charge in [0, 0.05) is 18.6 Å². The summed E-state index contributed by atoms with van der Waals surface area (Å²) in [4.78, 5) is 2.61. The van der Waals surface area contributed by atoms with Crippen molar-refractivity contribution < 1.29 is 0 Å². The Balaban J connectivity index is 4.94. The number of hydrogen-bond acceptors (Lipinski definition) is 3. The fourth-order valence-electron chi connectivity index (χ4n) is 3.12. The van der Waals surface area contributed by atoms with Gasteiger partial charge in [0.25, 0.3) is 0 Å². The highest BCUT2D eigenvalue weighted by atomic mass is 15.2. The van der Waals surface area contributed by atoms with E-state index in [4.69, 9.17) is 0 Å². The number of hydrogen-bond donors (Lipinski definition) is 1.